The average molecular weight is 295 g/mol. The van der Waals surface area contributed by atoms with Crippen LogP contribution in [0.4, 0.5) is 5.69 Å². The van der Waals surface area contributed by atoms with E-state index in [-0.39, 0.29) is 16.0 Å². The van der Waals surface area contributed by atoms with Crippen molar-refractivity contribution < 1.29 is 4.79 Å². The first-order chi connectivity index (χ1) is 8.79. The number of hydrogen-bond donors (Lipinski definition) is 0. The molecule has 0 spiro atoms. The zero-order valence-electron chi connectivity index (χ0n) is 11.1. The lowest BCUT2D eigenvalue weighted by molar-refractivity contribution is -0.124. The maximum Gasteiger partial charge on any atom is 0.266 e. The molecule has 1 amide bonds. The fraction of sp³-hybridized carbons (Fsp3) is 0.429. The van der Waals surface area contributed by atoms with Gasteiger partial charge in [0.1, 0.15) is 5.37 Å². The number of alkyl halides is 1. The van der Waals surface area contributed by atoms with Crippen molar-refractivity contribution in [1.82, 2.24) is 0 Å². The maximum absolute atomic E-state index is 12.2. The molecule has 1 aromatic carbocycles. The Hall–Kier alpha value is -1.18. The Kier molecular flexibility index (Phi) is 3.55. The minimum atomic E-state index is -1.45. The third-order valence-electron chi connectivity index (χ3n) is 2.77. The topological polar surface area (TPSA) is 44.1 Å². The van der Waals surface area contributed by atoms with Gasteiger partial charge in [-0.3, -0.25) is 9.69 Å². The van der Waals surface area contributed by atoms with Crippen LogP contribution in [-0.2, 0) is 4.79 Å². The Labute approximate surface area is 122 Å². The lowest BCUT2D eigenvalue weighted by atomic mass is 9.97. The van der Waals surface area contributed by atoms with Gasteiger partial charge in [-0.25, -0.2) is 0 Å². The van der Waals surface area contributed by atoms with Gasteiger partial charge in [0.15, 0.2) is 0 Å². The highest BCUT2D eigenvalue weighted by Crippen LogP contribution is 2.49. The van der Waals surface area contributed by atoms with E-state index in [1.54, 1.807) is 4.90 Å². The van der Waals surface area contributed by atoms with Crippen molar-refractivity contribution in [3.05, 3.63) is 30.3 Å². The van der Waals surface area contributed by atoms with Crippen molar-refractivity contribution >= 4 is 35.0 Å². The molecular weight excluding hydrogens is 280 g/mol. The highest BCUT2D eigenvalue weighted by atomic mass is 35.5. The number of thioether (sulfide) groups is 1. The lowest BCUT2D eigenvalue weighted by Crippen LogP contribution is -2.70. The number of nitrogens with zero attached hydrogens (tertiary/aromatic N) is 2. The summed E-state index contributed by atoms with van der Waals surface area (Å²) >= 11 is 7.72. The Morgan fingerprint density at radius 1 is 1.37 bits per heavy atom. The number of halogens is 1. The van der Waals surface area contributed by atoms with Gasteiger partial charge in [0.2, 0.25) is 4.87 Å². The Bertz CT molecular complexity index is 535. The first kappa shape index (κ1) is 14.2. The largest absolute Gasteiger partial charge is 0.294 e. The highest BCUT2D eigenvalue weighted by Gasteiger charge is 2.62. The van der Waals surface area contributed by atoms with Gasteiger partial charge < -0.3 is 0 Å². The minimum absolute atomic E-state index is 0.0879. The standard InChI is InChI=1S/C14H15ClN2OS/c1-13(2,3)19-12-14(15,9-16)11(18)17(12)10-7-5-4-6-8-10/h4-8,12H,1-3H3/t12-,14-/m0/s1. The van der Waals surface area contributed by atoms with E-state index >= 15 is 0 Å². The van der Waals surface area contributed by atoms with E-state index in [4.69, 9.17) is 11.6 Å². The molecule has 100 valence electrons. The summed E-state index contributed by atoms with van der Waals surface area (Å²) in [7, 11) is 0. The molecule has 0 N–H and O–H groups in total. The van der Waals surface area contributed by atoms with Gasteiger partial charge in [0.05, 0.1) is 6.07 Å². The van der Waals surface area contributed by atoms with E-state index < -0.39 is 4.87 Å². The summed E-state index contributed by atoms with van der Waals surface area (Å²) < 4.78 is -0.0879. The molecule has 0 saturated carbocycles. The minimum Gasteiger partial charge on any atom is -0.294 e. The molecule has 0 aliphatic carbocycles. The van der Waals surface area contributed by atoms with E-state index in [1.807, 2.05) is 57.2 Å². The lowest BCUT2D eigenvalue weighted by Gasteiger charge is -2.50. The van der Waals surface area contributed by atoms with Gasteiger partial charge in [0.25, 0.3) is 5.91 Å². The molecule has 19 heavy (non-hydrogen) atoms. The smallest absolute Gasteiger partial charge is 0.266 e. The van der Waals surface area contributed by atoms with Crippen LogP contribution in [0, 0.1) is 11.3 Å². The van der Waals surface area contributed by atoms with E-state index in [2.05, 4.69) is 0 Å². The van der Waals surface area contributed by atoms with E-state index in [0.717, 1.165) is 5.69 Å². The summed E-state index contributed by atoms with van der Waals surface area (Å²) in [5.74, 6) is -0.343. The summed E-state index contributed by atoms with van der Waals surface area (Å²) in [5, 5.41) is 8.84. The van der Waals surface area contributed by atoms with Crippen molar-refractivity contribution in [3.63, 3.8) is 0 Å². The molecule has 0 aromatic heterocycles. The number of benzene rings is 1. The Morgan fingerprint density at radius 2 is 1.95 bits per heavy atom. The first-order valence-electron chi connectivity index (χ1n) is 5.96. The molecule has 1 saturated heterocycles. The average Bonchev–Trinajstić information content (AvgIpc) is 2.37. The van der Waals surface area contributed by atoms with E-state index in [0.29, 0.717) is 0 Å². The SMILES string of the molecule is CC(C)(C)S[C@@H]1N(c2ccccc2)C(=O)[C@@]1(Cl)C#N. The molecule has 0 bridgehead atoms. The molecule has 0 unspecified atom stereocenters. The van der Waals surface area contributed by atoms with Crippen molar-refractivity contribution in [1.29, 1.82) is 5.26 Å². The van der Waals surface area contributed by atoms with Gasteiger partial charge in [-0.05, 0) is 12.1 Å². The molecule has 2 rings (SSSR count). The number of rotatable bonds is 2. The molecule has 5 heteroatoms. The maximum atomic E-state index is 12.2. The van der Waals surface area contributed by atoms with Crippen LogP contribution in [0.3, 0.4) is 0 Å². The van der Waals surface area contributed by atoms with Crippen LogP contribution in [0.2, 0.25) is 0 Å². The number of nitriles is 1. The van der Waals surface area contributed by atoms with Gasteiger partial charge in [-0.2, -0.15) is 5.26 Å². The predicted octanol–water partition coefficient (Wildman–Crippen LogP) is 3.39. The molecule has 0 radical (unpaired) electrons. The second-order valence-electron chi connectivity index (χ2n) is 5.42. The summed E-state index contributed by atoms with van der Waals surface area (Å²) in [6.45, 7) is 6.12. The van der Waals surface area contributed by atoms with Gasteiger partial charge in [-0.1, -0.05) is 50.6 Å². The van der Waals surface area contributed by atoms with E-state index in [1.165, 1.54) is 11.8 Å². The molecular formula is C14H15ClN2OS. The zero-order valence-corrected chi connectivity index (χ0v) is 12.6. The number of carbonyl (C=O) groups excluding carboxylic acids is 1. The second-order valence-corrected chi connectivity index (χ2v) is 7.92. The molecule has 1 heterocycles. The normalized spacial score (nSPS) is 26.8. The highest BCUT2D eigenvalue weighted by molar-refractivity contribution is 8.01. The van der Waals surface area contributed by atoms with Crippen LogP contribution in [-0.4, -0.2) is 20.9 Å². The van der Waals surface area contributed by atoms with Gasteiger partial charge in [-0.15, -0.1) is 11.8 Å². The van der Waals surface area contributed by atoms with E-state index in [9.17, 15) is 10.1 Å². The van der Waals surface area contributed by atoms with Crippen molar-refractivity contribution in [2.24, 2.45) is 0 Å². The molecule has 2 atom stereocenters. The number of carbonyl (C=O) groups is 1. The molecule has 1 aromatic rings. The van der Waals surface area contributed by atoms with Crippen LogP contribution in [0.1, 0.15) is 20.8 Å². The number of para-hydroxylation sites is 1. The number of β-lactam (4-membered cyclic amide) rings is 1. The quantitative estimate of drug-likeness (QED) is 0.620. The Morgan fingerprint density at radius 3 is 2.42 bits per heavy atom. The fourth-order valence-electron chi connectivity index (χ4n) is 1.91. The molecule has 1 aliphatic heterocycles. The summed E-state index contributed by atoms with van der Waals surface area (Å²) in [4.78, 5) is 12.3. The van der Waals surface area contributed by atoms with Crippen LogP contribution in [0.15, 0.2) is 30.3 Å². The molecule has 1 aliphatic rings. The van der Waals surface area contributed by atoms with Crippen LogP contribution >= 0.6 is 23.4 Å². The van der Waals surface area contributed by atoms with Crippen LogP contribution < -0.4 is 4.90 Å². The van der Waals surface area contributed by atoms with Crippen LogP contribution in [0.5, 0.6) is 0 Å². The third kappa shape index (κ3) is 2.45. The molecule has 1 fully saturated rings. The van der Waals surface area contributed by atoms with Crippen molar-refractivity contribution in [2.45, 2.75) is 35.8 Å². The number of amides is 1. The monoisotopic (exact) mass is 294 g/mol. The summed E-state index contributed by atoms with van der Waals surface area (Å²) in [5.41, 5.74) is 0.778. The third-order valence-corrected chi connectivity index (χ3v) is 4.84. The fourth-order valence-corrected chi connectivity index (χ4v) is 3.54. The number of hydrogen-bond acceptors (Lipinski definition) is 3. The number of anilines is 1. The zero-order chi connectivity index (χ0) is 14.3. The summed E-state index contributed by atoms with van der Waals surface area (Å²) in [6, 6.07) is 11.3. The van der Waals surface area contributed by atoms with Crippen molar-refractivity contribution in [2.75, 3.05) is 4.90 Å². The Balaban J connectivity index is 2.34. The van der Waals surface area contributed by atoms with Crippen molar-refractivity contribution in [3.8, 4) is 6.07 Å². The summed E-state index contributed by atoms with van der Waals surface area (Å²) in [6.07, 6.45) is 0. The predicted molar refractivity (Wildman–Crippen MR) is 79.3 cm³/mol. The second kappa shape index (κ2) is 4.73. The van der Waals surface area contributed by atoms with Crippen LogP contribution in [0.25, 0.3) is 0 Å². The first-order valence-corrected chi connectivity index (χ1v) is 7.22. The molecule has 3 nitrogen and oxygen atoms in total. The van der Waals surface area contributed by atoms with Gasteiger partial charge in [0, 0.05) is 10.4 Å². The van der Waals surface area contributed by atoms with Gasteiger partial charge >= 0.3 is 0 Å².